The highest BCUT2D eigenvalue weighted by Gasteiger charge is 2.26. The van der Waals surface area contributed by atoms with Crippen LogP contribution in [0.2, 0.25) is 0 Å². The van der Waals surface area contributed by atoms with E-state index < -0.39 is 38.2 Å². The van der Waals surface area contributed by atoms with Gasteiger partial charge in [-0.3, -0.25) is 4.72 Å². The second-order valence-corrected chi connectivity index (χ2v) is 6.01. The third-order valence-corrected chi connectivity index (χ3v) is 4.48. The molecule has 0 saturated carbocycles. The minimum atomic E-state index is -4.32. The first-order valence-corrected chi connectivity index (χ1v) is 7.22. The number of benzene rings is 1. The first-order valence-electron chi connectivity index (χ1n) is 4.95. The van der Waals surface area contributed by atoms with Gasteiger partial charge in [0.15, 0.2) is 16.2 Å². The highest BCUT2D eigenvalue weighted by Crippen LogP contribution is 2.24. The van der Waals surface area contributed by atoms with Crippen LogP contribution in [0, 0.1) is 17.5 Å². The zero-order valence-electron chi connectivity index (χ0n) is 9.73. The maximum Gasteiger partial charge on any atom is 0.282 e. The summed E-state index contributed by atoms with van der Waals surface area (Å²) in [6.45, 7) is 0. The number of halogens is 4. The molecule has 0 aliphatic carbocycles. The van der Waals surface area contributed by atoms with Gasteiger partial charge in [0.05, 0.1) is 5.69 Å². The van der Waals surface area contributed by atoms with E-state index in [9.17, 15) is 21.6 Å². The van der Waals surface area contributed by atoms with E-state index in [-0.39, 0.29) is 4.60 Å². The van der Waals surface area contributed by atoms with Crippen LogP contribution < -0.4 is 4.72 Å². The molecule has 1 N–H and O–H groups in total. The van der Waals surface area contributed by atoms with Crippen molar-refractivity contribution in [3.05, 3.63) is 34.2 Å². The van der Waals surface area contributed by atoms with E-state index in [4.69, 9.17) is 0 Å². The monoisotopic (exact) mass is 370 g/mol. The minimum absolute atomic E-state index is 0.121. The Bertz CT molecular complexity index is 758. The number of nitrogens with one attached hydrogen (secondary N) is 1. The molecule has 0 fully saturated rings. The first-order chi connectivity index (χ1) is 9.22. The summed E-state index contributed by atoms with van der Waals surface area (Å²) in [6, 6.07) is 0.822. The predicted molar refractivity (Wildman–Crippen MR) is 65.8 cm³/mol. The molecule has 108 valence electrons. The van der Waals surface area contributed by atoms with Gasteiger partial charge in [0.2, 0.25) is 5.03 Å². The van der Waals surface area contributed by atoms with Gasteiger partial charge in [0, 0.05) is 19.2 Å². The number of rotatable bonds is 3. The van der Waals surface area contributed by atoms with Gasteiger partial charge >= 0.3 is 0 Å². The summed E-state index contributed by atoms with van der Waals surface area (Å²) in [7, 11) is -3.03. The fraction of sp³-hybridized carbons (Fsp3) is 0.111. The van der Waals surface area contributed by atoms with Crippen molar-refractivity contribution >= 4 is 31.6 Å². The predicted octanol–water partition coefficient (Wildman–Crippen LogP) is 1.80. The molecule has 0 aliphatic rings. The van der Waals surface area contributed by atoms with Gasteiger partial charge in [-0.2, -0.15) is 8.42 Å². The maximum atomic E-state index is 13.4. The molecule has 1 aromatic carbocycles. The average molecular weight is 371 g/mol. The van der Waals surface area contributed by atoms with Gasteiger partial charge in [0.25, 0.3) is 10.0 Å². The molecule has 20 heavy (non-hydrogen) atoms. The molecule has 1 aromatic heterocycles. The number of aryl methyl sites for hydroxylation is 1. The quantitative estimate of drug-likeness (QED) is 0.835. The van der Waals surface area contributed by atoms with Crippen LogP contribution in [0.15, 0.2) is 21.8 Å². The SMILES string of the molecule is Cn1nnc(Br)c1S(=O)(=O)Nc1cc(F)cc(F)c1F. The molecular formula is C9H6BrF3N4O2S. The van der Waals surface area contributed by atoms with Crippen LogP contribution in [0.1, 0.15) is 0 Å². The number of sulfonamides is 1. The molecular weight excluding hydrogens is 365 g/mol. The van der Waals surface area contributed by atoms with Crippen LogP contribution in [0.3, 0.4) is 0 Å². The third kappa shape index (κ3) is 2.63. The topological polar surface area (TPSA) is 76.9 Å². The van der Waals surface area contributed by atoms with Gasteiger partial charge in [-0.15, -0.1) is 5.10 Å². The highest BCUT2D eigenvalue weighted by molar-refractivity contribution is 9.10. The molecule has 0 radical (unpaired) electrons. The Balaban J connectivity index is 2.49. The summed E-state index contributed by atoms with van der Waals surface area (Å²) in [5, 5.41) is 6.48. The van der Waals surface area contributed by atoms with Gasteiger partial charge in [-0.05, 0) is 15.9 Å². The van der Waals surface area contributed by atoms with Gasteiger partial charge in [-0.1, -0.05) is 5.21 Å². The number of hydrogen-bond donors (Lipinski definition) is 1. The minimum Gasteiger partial charge on any atom is -0.275 e. The van der Waals surface area contributed by atoms with E-state index in [0.29, 0.717) is 12.1 Å². The van der Waals surface area contributed by atoms with Crippen molar-refractivity contribution in [2.24, 2.45) is 7.05 Å². The van der Waals surface area contributed by atoms with Crippen LogP contribution in [0.5, 0.6) is 0 Å². The average Bonchev–Trinajstić information content (AvgIpc) is 2.65. The zero-order chi connectivity index (χ0) is 15.1. The van der Waals surface area contributed by atoms with Crippen molar-refractivity contribution < 1.29 is 21.6 Å². The number of aromatic nitrogens is 3. The van der Waals surface area contributed by atoms with E-state index in [1.807, 2.05) is 0 Å². The van der Waals surface area contributed by atoms with Gasteiger partial charge < -0.3 is 0 Å². The van der Waals surface area contributed by atoms with Crippen molar-refractivity contribution in [1.29, 1.82) is 0 Å². The van der Waals surface area contributed by atoms with E-state index >= 15 is 0 Å². The maximum absolute atomic E-state index is 13.4. The van der Waals surface area contributed by atoms with Crippen molar-refractivity contribution in [3.63, 3.8) is 0 Å². The smallest absolute Gasteiger partial charge is 0.275 e. The summed E-state index contributed by atoms with van der Waals surface area (Å²) in [4.78, 5) is 0. The fourth-order valence-electron chi connectivity index (χ4n) is 1.43. The van der Waals surface area contributed by atoms with Crippen molar-refractivity contribution in [2.45, 2.75) is 5.03 Å². The van der Waals surface area contributed by atoms with Gasteiger partial charge in [-0.25, -0.2) is 17.9 Å². The Labute approximate surface area is 119 Å². The fourth-order valence-corrected chi connectivity index (χ4v) is 3.58. The van der Waals surface area contributed by atoms with Crippen LogP contribution in [0.25, 0.3) is 0 Å². The van der Waals surface area contributed by atoms with Gasteiger partial charge in [0.1, 0.15) is 5.82 Å². The normalized spacial score (nSPS) is 11.7. The number of nitrogens with zero attached hydrogens (tertiary/aromatic N) is 3. The Morgan fingerprint density at radius 1 is 1.30 bits per heavy atom. The molecule has 0 bridgehead atoms. The summed E-state index contributed by atoms with van der Waals surface area (Å²) >= 11 is 2.86. The molecule has 0 amide bonds. The lowest BCUT2D eigenvalue weighted by molar-refractivity contribution is 0.498. The van der Waals surface area contributed by atoms with Crippen LogP contribution >= 0.6 is 15.9 Å². The zero-order valence-corrected chi connectivity index (χ0v) is 12.1. The lowest BCUT2D eigenvalue weighted by Gasteiger charge is -2.09. The lowest BCUT2D eigenvalue weighted by Crippen LogP contribution is -2.18. The second kappa shape index (κ2) is 5.05. The van der Waals surface area contributed by atoms with Crippen LogP contribution in [-0.2, 0) is 17.1 Å². The number of anilines is 1. The van der Waals surface area contributed by atoms with Crippen LogP contribution in [-0.4, -0.2) is 23.4 Å². The van der Waals surface area contributed by atoms with Crippen LogP contribution in [0.4, 0.5) is 18.9 Å². The Hall–Kier alpha value is -1.62. The highest BCUT2D eigenvalue weighted by atomic mass is 79.9. The molecule has 2 aromatic rings. The molecule has 0 spiro atoms. The molecule has 0 atom stereocenters. The summed E-state index contributed by atoms with van der Waals surface area (Å²) in [5.74, 6) is -4.14. The lowest BCUT2D eigenvalue weighted by atomic mass is 10.3. The Morgan fingerprint density at radius 3 is 2.50 bits per heavy atom. The summed E-state index contributed by atoms with van der Waals surface area (Å²) in [6.07, 6.45) is 0. The van der Waals surface area contributed by atoms with E-state index in [1.165, 1.54) is 7.05 Å². The molecule has 0 saturated heterocycles. The second-order valence-electron chi connectivity index (χ2n) is 3.66. The molecule has 11 heteroatoms. The first kappa shape index (κ1) is 14.8. The summed E-state index contributed by atoms with van der Waals surface area (Å²) < 4.78 is 66.0. The number of hydrogen-bond acceptors (Lipinski definition) is 4. The standard InChI is InChI=1S/C9H6BrF3N4O2S/c1-17-9(8(10)14-16-17)20(18,19)15-6-3-4(11)2-5(12)7(6)13/h2-3,15H,1H3. The molecule has 2 rings (SSSR count). The molecule has 0 unspecified atom stereocenters. The van der Waals surface area contributed by atoms with Crippen molar-refractivity contribution in [2.75, 3.05) is 4.72 Å². The molecule has 0 aliphatic heterocycles. The summed E-state index contributed by atoms with van der Waals surface area (Å²) in [5.41, 5.74) is -0.851. The largest absolute Gasteiger partial charge is 0.282 e. The van der Waals surface area contributed by atoms with E-state index in [1.54, 1.807) is 4.72 Å². The molecule has 6 nitrogen and oxygen atoms in total. The Kier molecular flexibility index (Phi) is 3.73. The van der Waals surface area contributed by atoms with Crippen molar-refractivity contribution in [1.82, 2.24) is 15.0 Å². The van der Waals surface area contributed by atoms with Crippen molar-refractivity contribution in [3.8, 4) is 0 Å². The third-order valence-electron chi connectivity index (χ3n) is 2.23. The Morgan fingerprint density at radius 2 is 1.95 bits per heavy atom. The molecule has 1 heterocycles. The van der Waals surface area contributed by atoms with E-state index in [2.05, 4.69) is 26.2 Å². The van der Waals surface area contributed by atoms with E-state index in [0.717, 1.165) is 4.68 Å².